The summed E-state index contributed by atoms with van der Waals surface area (Å²) in [5.41, 5.74) is 1.44. The first kappa shape index (κ1) is 23.1. The average Bonchev–Trinajstić information content (AvgIpc) is 3.39. The molecule has 0 radical (unpaired) electrons. The van der Waals surface area contributed by atoms with Gasteiger partial charge in [0.25, 0.3) is 0 Å². The van der Waals surface area contributed by atoms with Gasteiger partial charge < -0.3 is 20.3 Å². The Labute approximate surface area is 196 Å². The summed E-state index contributed by atoms with van der Waals surface area (Å²) in [4.78, 5) is 13.0. The number of nitrogens with one attached hydrogen (secondary N) is 1. The van der Waals surface area contributed by atoms with Gasteiger partial charge in [-0.2, -0.15) is 0 Å². The van der Waals surface area contributed by atoms with Crippen LogP contribution in [0.25, 0.3) is 11.2 Å². The molecule has 1 aliphatic heterocycles. The van der Waals surface area contributed by atoms with E-state index >= 15 is 0 Å². The Morgan fingerprint density at radius 2 is 1.91 bits per heavy atom. The van der Waals surface area contributed by atoms with E-state index in [1.165, 1.54) is 18.7 Å². The zero-order chi connectivity index (χ0) is 23.7. The van der Waals surface area contributed by atoms with Crippen LogP contribution in [0.5, 0.6) is 0 Å². The van der Waals surface area contributed by atoms with E-state index in [1.807, 2.05) is 0 Å². The molecule has 3 aromatic rings. The number of halogens is 2. The van der Waals surface area contributed by atoms with Crippen LogP contribution in [0.1, 0.15) is 43.9 Å². The van der Waals surface area contributed by atoms with E-state index in [4.69, 9.17) is 4.74 Å². The number of fused-ring (bicyclic) bond motifs is 1. The maximum Gasteiger partial charge on any atom is 0.167 e. The van der Waals surface area contributed by atoms with Crippen molar-refractivity contribution in [1.82, 2.24) is 19.5 Å². The van der Waals surface area contributed by atoms with Gasteiger partial charge in [0.15, 0.2) is 23.2 Å². The van der Waals surface area contributed by atoms with E-state index in [9.17, 15) is 19.0 Å². The second-order valence-electron chi connectivity index (χ2n) is 9.16. The molecule has 2 aliphatic rings. The molecule has 1 aromatic carbocycles. The van der Waals surface area contributed by atoms with E-state index in [-0.39, 0.29) is 11.7 Å². The third-order valence-electron chi connectivity index (χ3n) is 6.97. The number of benzene rings is 1. The molecule has 1 aliphatic carbocycles. The highest BCUT2D eigenvalue weighted by Gasteiger charge is 2.44. The number of aliphatic hydroxyl groups excluding tert-OH is 2. The summed E-state index contributed by atoms with van der Waals surface area (Å²) in [6, 6.07) is 6.47. The number of aliphatic hydroxyl groups is 2. The van der Waals surface area contributed by atoms with Crippen molar-refractivity contribution in [3.05, 3.63) is 48.3 Å². The molecule has 2 aromatic heterocycles. The summed E-state index contributed by atoms with van der Waals surface area (Å²) in [5, 5.41) is 24.5. The maximum atomic E-state index is 14.2. The van der Waals surface area contributed by atoms with Gasteiger partial charge in [-0.3, -0.25) is 4.57 Å². The summed E-state index contributed by atoms with van der Waals surface area (Å²) in [6.45, 7) is 0.458. The van der Waals surface area contributed by atoms with Crippen LogP contribution in [0.2, 0.25) is 0 Å². The molecule has 6 atom stereocenters. The predicted molar refractivity (Wildman–Crippen MR) is 121 cm³/mol. The van der Waals surface area contributed by atoms with Crippen molar-refractivity contribution in [3.63, 3.8) is 0 Å². The molecule has 3 N–H and O–H groups in total. The highest BCUT2D eigenvalue weighted by Crippen LogP contribution is 2.34. The minimum Gasteiger partial charge on any atom is -0.388 e. The summed E-state index contributed by atoms with van der Waals surface area (Å²) >= 11 is 0. The number of anilines is 1. The Morgan fingerprint density at radius 1 is 1.09 bits per heavy atom. The number of hydrogen-bond donors (Lipinski definition) is 3. The lowest BCUT2D eigenvalue weighted by atomic mass is 9.87. The number of nitrogens with zero attached hydrogens (tertiary/aromatic N) is 4. The van der Waals surface area contributed by atoms with Crippen LogP contribution in [-0.4, -0.2) is 60.8 Å². The molecule has 5 rings (SSSR count). The number of hydrogen-bond acceptors (Lipinski definition) is 7. The van der Waals surface area contributed by atoms with Gasteiger partial charge in [-0.05, 0) is 37.3 Å². The molecule has 34 heavy (non-hydrogen) atoms. The van der Waals surface area contributed by atoms with Gasteiger partial charge in [0.2, 0.25) is 0 Å². The summed E-state index contributed by atoms with van der Waals surface area (Å²) in [7, 11) is 0. The van der Waals surface area contributed by atoms with Crippen LogP contribution in [0.3, 0.4) is 0 Å². The number of rotatable bonds is 7. The molecule has 1 saturated heterocycles. The summed E-state index contributed by atoms with van der Waals surface area (Å²) < 4.78 is 35.7. The highest BCUT2D eigenvalue weighted by atomic mass is 19.1. The fraction of sp³-hybridized carbons (Fsp3) is 0.542. The van der Waals surface area contributed by atoms with Crippen LogP contribution in [0.4, 0.5) is 14.6 Å². The molecule has 10 heteroatoms. The standard InChI is InChI=1S/C24H29F2N5O3/c25-16-7-3-1-5-14(16)9-10-18-20(32)21(33)24(34-18)31-13-30-19-22(28-12-29-23(19)31)27-11-15-6-2-4-8-17(15)26/h1,3,5,7,12-13,15,17-18,20-21,24,32-33H,2,4,6,8-11H2,(H,27,28,29)/t15?,17?,18-,20-,21-,24-/m1/s1. The van der Waals surface area contributed by atoms with Crippen molar-refractivity contribution in [2.75, 3.05) is 11.9 Å². The molecule has 1 saturated carbocycles. The quantitative estimate of drug-likeness (QED) is 0.484. The van der Waals surface area contributed by atoms with Crippen molar-refractivity contribution in [2.45, 2.75) is 69.2 Å². The largest absolute Gasteiger partial charge is 0.388 e. The average molecular weight is 474 g/mol. The first-order chi connectivity index (χ1) is 16.5. The van der Waals surface area contributed by atoms with E-state index < -0.39 is 30.7 Å². The minimum atomic E-state index is -1.20. The van der Waals surface area contributed by atoms with Gasteiger partial charge in [0, 0.05) is 12.5 Å². The van der Waals surface area contributed by atoms with Crippen LogP contribution in [-0.2, 0) is 11.2 Å². The van der Waals surface area contributed by atoms with Gasteiger partial charge >= 0.3 is 0 Å². The number of aryl methyl sites for hydroxylation is 1. The van der Waals surface area contributed by atoms with Gasteiger partial charge in [0.1, 0.15) is 30.5 Å². The summed E-state index contributed by atoms with van der Waals surface area (Å²) in [5.74, 6) is 0.119. The molecule has 0 amide bonds. The molecule has 0 spiro atoms. The van der Waals surface area contributed by atoms with Gasteiger partial charge in [0.05, 0.1) is 12.4 Å². The molecule has 3 heterocycles. The zero-order valence-corrected chi connectivity index (χ0v) is 18.7. The summed E-state index contributed by atoms with van der Waals surface area (Å²) in [6.07, 6.45) is 2.23. The van der Waals surface area contributed by atoms with Crippen molar-refractivity contribution >= 4 is 17.0 Å². The molecular formula is C24H29F2N5O3. The molecular weight excluding hydrogens is 444 g/mol. The number of alkyl halides is 1. The second kappa shape index (κ2) is 9.89. The lowest BCUT2D eigenvalue weighted by Crippen LogP contribution is -2.31. The molecule has 182 valence electrons. The highest BCUT2D eigenvalue weighted by molar-refractivity contribution is 5.82. The first-order valence-corrected chi connectivity index (χ1v) is 11.8. The Bertz CT molecular complexity index is 1130. The first-order valence-electron chi connectivity index (χ1n) is 11.8. The van der Waals surface area contributed by atoms with Crippen molar-refractivity contribution in [3.8, 4) is 0 Å². The number of aromatic nitrogens is 4. The minimum absolute atomic E-state index is 0.0637. The fourth-order valence-electron chi connectivity index (χ4n) is 4.98. The maximum absolute atomic E-state index is 14.2. The fourth-order valence-corrected chi connectivity index (χ4v) is 4.98. The van der Waals surface area contributed by atoms with E-state index in [1.54, 1.807) is 22.8 Å². The molecule has 0 bridgehead atoms. The smallest absolute Gasteiger partial charge is 0.167 e. The normalized spacial score (nSPS) is 29.5. The predicted octanol–water partition coefficient (Wildman–Crippen LogP) is 3.16. The third-order valence-corrected chi connectivity index (χ3v) is 6.97. The van der Waals surface area contributed by atoms with Crippen LogP contribution in [0.15, 0.2) is 36.9 Å². The third kappa shape index (κ3) is 4.49. The van der Waals surface area contributed by atoms with Crippen molar-refractivity contribution in [2.24, 2.45) is 5.92 Å². The molecule has 2 unspecified atom stereocenters. The Balaban J connectivity index is 1.30. The molecule has 8 nitrogen and oxygen atoms in total. The van der Waals surface area contributed by atoms with Gasteiger partial charge in [-0.1, -0.05) is 31.0 Å². The Hall–Kier alpha value is -2.69. The van der Waals surface area contributed by atoms with Gasteiger partial charge in [-0.15, -0.1) is 0 Å². The lowest BCUT2D eigenvalue weighted by molar-refractivity contribution is -0.0368. The topological polar surface area (TPSA) is 105 Å². The monoisotopic (exact) mass is 473 g/mol. The number of imidazole rings is 1. The van der Waals surface area contributed by atoms with Crippen molar-refractivity contribution < 1.29 is 23.7 Å². The van der Waals surface area contributed by atoms with Gasteiger partial charge in [-0.25, -0.2) is 23.7 Å². The number of ether oxygens (including phenoxy) is 1. The SMILES string of the molecule is O[C@@H]1[C@H](O)[C@@H](CCc2ccccc2F)O[C@H]1n1cnc2c(NCC3CCCCC3F)ncnc21. The van der Waals surface area contributed by atoms with Crippen LogP contribution >= 0.6 is 0 Å². The lowest BCUT2D eigenvalue weighted by Gasteiger charge is -2.26. The second-order valence-corrected chi connectivity index (χ2v) is 9.16. The van der Waals surface area contributed by atoms with Crippen molar-refractivity contribution in [1.29, 1.82) is 0 Å². The van der Waals surface area contributed by atoms with E-state index in [2.05, 4.69) is 20.3 Å². The van der Waals surface area contributed by atoms with Crippen LogP contribution < -0.4 is 5.32 Å². The Morgan fingerprint density at radius 3 is 2.74 bits per heavy atom. The van der Waals surface area contributed by atoms with E-state index in [0.29, 0.717) is 48.4 Å². The van der Waals surface area contributed by atoms with E-state index in [0.717, 1.165) is 19.3 Å². The van der Waals surface area contributed by atoms with Crippen LogP contribution in [0, 0.1) is 11.7 Å². The molecule has 2 fully saturated rings. The zero-order valence-electron chi connectivity index (χ0n) is 18.7. The Kier molecular flexibility index (Phi) is 6.71.